The number of ether oxygens (including phenoxy) is 1. The predicted molar refractivity (Wildman–Crippen MR) is 73.6 cm³/mol. The molecule has 0 aliphatic rings. The molecule has 0 aliphatic carbocycles. The van der Waals surface area contributed by atoms with Crippen LogP contribution in [0.15, 0.2) is 24.3 Å². The van der Waals surface area contributed by atoms with E-state index in [4.69, 9.17) is 16.2 Å². The Balaban J connectivity index is 1.92. The summed E-state index contributed by atoms with van der Waals surface area (Å²) >= 11 is 0. The van der Waals surface area contributed by atoms with Crippen LogP contribution in [0.4, 0.5) is 25.1 Å². The van der Waals surface area contributed by atoms with Crippen LogP contribution >= 0.6 is 0 Å². The van der Waals surface area contributed by atoms with Gasteiger partial charge in [-0.15, -0.1) is 0 Å². The number of carbonyl (C=O) groups excluding carboxylic acids is 1. The lowest BCUT2D eigenvalue weighted by molar-refractivity contribution is -0.144. The maximum absolute atomic E-state index is 12.4. The second-order valence-corrected chi connectivity index (χ2v) is 4.50. The van der Waals surface area contributed by atoms with Gasteiger partial charge < -0.3 is 16.2 Å². The van der Waals surface area contributed by atoms with E-state index in [1.807, 2.05) is 0 Å². The maximum atomic E-state index is 12.4. The summed E-state index contributed by atoms with van der Waals surface area (Å²) in [6, 6.07) is 4.22. The van der Waals surface area contributed by atoms with Crippen molar-refractivity contribution in [2.24, 2.45) is 0 Å². The molecule has 0 atom stereocenters. The van der Waals surface area contributed by atoms with Gasteiger partial charge in [0.1, 0.15) is 0 Å². The molecule has 1 heterocycles. The summed E-state index contributed by atoms with van der Waals surface area (Å²) in [5.74, 6) is -0.782. The van der Waals surface area contributed by atoms with Gasteiger partial charge >= 0.3 is 12.1 Å². The molecule has 2 rings (SSSR count). The molecule has 1 aromatic heterocycles. The van der Waals surface area contributed by atoms with Gasteiger partial charge in [-0.25, -0.2) is 0 Å². The molecule has 0 spiro atoms. The van der Waals surface area contributed by atoms with Gasteiger partial charge in [0.15, 0.2) is 12.4 Å². The Labute approximate surface area is 128 Å². The normalized spacial score (nSPS) is 11.3. The average Bonchev–Trinajstić information content (AvgIpc) is 2.44. The van der Waals surface area contributed by atoms with E-state index in [-0.39, 0.29) is 30.7 Å². The molecule has 2 aromatic rings. The van der Waals surface area contributed by atoms with E-state index in [0.717, 1.165) is 12.1 Å². The molecule has 7 nitrogen and oxygen atoms in total. The van der Waals surface area contributed by atoms with Crippen LogP contribution in [0.2, 0.25) is 0 Å². The lowest BCUT2D eigenvalue weighted by atomic mass is 10.1. The van der Waals surface area contributed by atoms with Gasteiger partial charge in [-0.2, -0.15) is 28.1 Å². The first-order valence-electron chi connectivity index (χ1n) is 6.31. The fraction of sp³-hybridized carbons (Fsp3) is 0.231. The fourth-order valence-electron chi connectivity index (χ4n) is 1.70. The van der Waals surface area contributed by atoms with Crippen molar-refractivity contribution in [3.63, 3.8) is 0 Å². The molecule has 1 aromatic carbocycles. The Kier molecular flexibility index (Phi) is 4.63. The highest BCUT2D eigenvalue weighted by Gasteiger charge is 2.29. The molecule has 4 N–H and O–H groups in total. The number of hydrogen-bond donors (Lipinski definition) is 2. The summed E-state index contributed by atoms with van der Waals surface area (Å²) < 4.78 is 42.2. The number of hydrogen-bond acceptors (Lipinski definition) is 7. The molecule has 0 fully saturated rings. The summed E-state index contributed by atoms with van der Waals surface area (Å²) in [6.07, 6.45) is -4.61. The third-order valence-corrected chi connectivity index (χ3v) is 2.71. The molecular weight excluding hydrogens is 315 g/mol. The molecule has 0 saturated heterocycles. The van der Waals surface area contributed by atoms with E-state index in [2.05, 4.69) is 15.0 Å². The zero-order chi connectivity index (χ0) is 17.0. The fourth-order valence-corrected chi connectivity index (χ4v) is 1.70. The molecule has 23 heavy (non-hydrogen) atoms. The Bertz CT molecular complexity index is 683. The van der Waals surface area contributed by atoms with Gasteiger partial charge in [0, 0.05) is 0 Å². The van der Waals surface area contributed by atoms with Crippen LogP contribution in [0.1, 0.15) is 17.0 Å². The summed E-state index contributed by atoms with van der Waals surface area (Å²) in [4.78, 5) is 22.7. The van der Waals surface area contributed by atoms with E-state index >= 15 is 0 Å². The highest BCUT2D eigenvalue weighted by atomic mass is 19.4. The van der Waals surface area contributed by atoms with Crippen LogP contribution in [0.3, 0.4) is 0 Å². The zero-order valence-electron chi connectivity index (χ0n) is 11.7. The first kappa shape index (κ1) is 16.5. The van der Waals surface area contributed by atoms with Crippen LogP contribution in [-0.4, -0.2) is 20.9 Å². The number of aromatic nitrogens is 3. The SMILES string of the molecule is Nc1nc(N)nc(COC(=O)Cc2ccc(C(F)(F)F)cc2)n1. The third-order valence-electron chi connectivity index (χ3n) is 2.71. The van der Waals surface area contributed by atoms with Crippen LogP contribution in [0.25, 0.3) is 0 Å². The Morgan fingerprint density at radius 1 is 1.04 bits per heavy atom. The quantitative estimate of drug-likeness (QED) is 0.814. The average molecular weight is 327 g/mol. The largest absolute Gasteiger partial charge is 0.457 e. The van der Waals surface area contributed by atoms with Crippen LogP contribution < -0.4 is 11.5 Å². The molecule has 0 saturated carbocycles. The van der Waals surface area contributed by atoms with Crippen molar-refractivity contribution in [3.8, 4) is 0 Å². The summed E-state index contributed by atoms with van der Waals surface area (Å²) in [7, 11) is 0. The number of carbonyl (C=O) groups is 1. The summed E-state index contributed by atoms with van der Waals surface area (Å²) in [5, 5.41) is 0. The second-order valence-electron chi connectivity index (χ2n) is 4.50. The molecule has 0 unspecified atom stereocenters. The van der Waals surface area contributed by atoms with Crippen LogP contribution in [-0.2, 0) is 28.7 Å². The number of alkyl halides is 3. The number of esters is 1. The number of nitrogens with two attached hydrogens (primary N) is 2. The molecule has 0 aliphatic heterocycles. The predicted octanol–water partition coefficient (Wildman–Crippen LogP) is 1.34. The monoisotopic (exact) mass is 327 g/mol. The Morgan fingerprint density at radius 2 is 1.61 bits per heavy atom. The molecule has 122 valence electrons. The number of nitrogens with zero attached hydrogens (tertiary/aromatic N) is 3. The van der Waals surface area contributed by atoms with E-state index < -0.39 is 17.7 Å². The second kappa shape index (κ2) is 6.46. The highest BCUT2D eigenvalue weighted by molar-refractivity contribution is 5.72. The third kappa shape index (κ3) is 4.80. The molecule has 0 bridgehead atoms. The topological polar surface area (TPSA) is 117 Å². The van der Waals surface area contributed by atoms with Crippen molar-refractivity contribution in [3.05, 3.63) is 41.2 Å². The van der Waals surface area contributed by atoms with Gasteiger partial charge in [0.05, 0.1) is 12.0 Å². The Morgan fingerprint density at radius 3 is 2.13 bits per heavy atom. The number of halogens is 3. The first-order valence-corrected chi connectivity index (χ1v) is 6.31. The number of anilines is 2. The standard InChI is InChI=1S/C13H12F3N5O2/c14-13(15,16)8-3-1-7(2-4-8)5-10(22)23-6-9-19-11(17)21-12(18)20-9/h1-4H,5-6H2,(H4,17,18,19,20,21). The summed E-state index contributed by atoms with van der Waals surface area (Å²) in [5.41, 5.74) is 10.3. The van der Waals surface area contributed by atoms with E-state index in [9.17, 15) is 18.0 Å². The minimum atomic E-state index is -4.42. The highest BCUT2D eigenvalue weighted by Crippen LogP contribution is 2.29. The number of benzene rings is 1. The zero-order valence-corrected chi connectivity index (χ0v) is 11.7. The van der Waals surface area contributed by atoms with Gasteiger partial charge in [-0.05, 0) is 17.7 Å². The van der Waals surface area contributed by atoms with Crippen molar-refractivity contribution in [1.29, 1.82) is 0 Å². The molecule has 0 amide bonds. The molecular formula is C13H12F3N5O2. The van der Waals surface area contributed by atoms with E-state index in [1.54, 1.807) is 0 Å². The van der Waals surface area contributed by atoms with Crippen LogP contribution in [0.5, 0.6) is 0 Å². The summed E-state index contributed by atoms with van der Waals surface area (Å²) in [6.45, 7) is -0.267. The molecule has 0 radical (unpaired) electrons. The van der Waals surface area contributed by atoms with Crippen molar-refractivity contribution in [2.75, 3.05) is 11.5 Å². The van der Waals surface area contributed by atoms with E-state index in [1.165, 1.54) is 12.1 Å². The van der Waals surface area contributed by atoms with Gasteiger partial charge in [0.25, 0.3) is 0 Å². The first-order chi connectivity index (χ1) is 10.7. The maximum Gasteiger partial charge on any atom is 0.416 e. The van der Waals surface area contributed by atoms with Gasteiger partial charge in [0.2, 0.25) is 11.9 Å². The minimum Gasteiger partial charge on any atom is -0.457 e. The molecule has 10 heteroatoms. The Hall–Kier alpha value is -2.91. The van der Waals surface area contributed by atoms with Crippen molar-refractivity contribution < 1.29 is 22.7 Å². The van der Waals surface area contributed by atoms with Crippen molar-refractivity contribution >= 4 is 17.9 Å². The van der Waals surface area contributed by atoms with Crippen LogP contribution in [0, 0.1) is 0 Å². The van der Waals surface area contributed by atoms with Gasteiger partial charge in [-0.1, -0.05) is 12.1 Å². The smallest absolute Gasteiger partial charge is 0.416 e. The number of nitrogen functional groups attached to an aromatic ring is 2. The van der Waals surface area contributed by atoms with Gasteiger partial charge in [-0.3, -0.25) is 4.79 Å². The lowest BCUT2D eigenvalue weighted by Crippen LogP contribution is -2.12. The van der Waals surface area contributed by atoms with E-state index in [0.29, 0.717) is 5.56 Å². The van der Waals surface area contributed by atoms with Crippen molar-refractivity contribution in [1.82, 2.24) is 15.0 Å². The van der Waals surface area contributed by atoms with Crippen molar-refractivity contribution in [2.45, 2.75) is 19.2 Å². The number of rotatable bonds is 4. The lowest BCUT2D eigenvalue weighted by Gasteiger charge is -2.08. The minimum absolute atomic E-state index is 0.0794.